The van der Waals surface area contributed by atoms with Crippen LogP contribution >= 0.6 is 0 Å². The van der Waals surface area contributed by atoms with Crippen LogP contribution in [0, 0.1) is 6.92 Å². The Morgan fingerprint density at radius 2 is 1.61 bits per heavy atom. The first kappa shape index (κ1) is 13.5. The topological polar surface area (TPSA) is 56.7 Å². The Kier molecular flexibility index (Phi) is 3.08. The molecule has 23 heavy (non-hydrogen) atoms. The molecule has 2 N–H and O–H groups in total. The predicted molar refractivity (Wildman–Crippen MR) is 93.5 cm³/mol. The second-order valence-electron chi connectivity index (χ2n) is 5.60. The van der Waals surface area contributed by atoms with Gasteiger partial charge in [0.1, 0.15) is 5.69 Å². The minimum absolute atomic E-state index is 0.546. The number of nitrogen functional groups attached to an aromatic ring is 1. The number of benzene rings is 3. The van der Waals surface area contributed by atoms with Crippen molar-refractivity contribution < 1.29 is 0 Å². The molecule has 0 atom stereocenters. The molecule has 1 aromatic heterocycles. The van der Waals surface area contributed by atoms with Crippen molar-refractivity contribution in [3.8, 4) is 16.9 Å². The highest BCUT2D eigenvalue weighted by Gasteiger charge is 2.14. The Bertz CT molecular complexity index is 979. The molecular weight excluding hydrogens is 284 g/mol. The molecule has 0 saturated carbocycles. The molecule has 0 aliphatic heterocycles. The van der Waals surface area contributed by atoms with Gasteiger partial charge in [-0.3, -0.25) is 0 Å². The summed E-state index contributed by atoms with van der Waals surface area (Å²) in [6, 6.07) is 22.4. The third kappa shape index (κ3) is 2.25. The highest BCUT2D eigenvalue weighted by atomic mass is 15.5. The lowest BCUT2D eigenvalue weighted by Gasteiger charge is -2.07. The van der Waals surface area contributed by atoms with E-state index in [-0.39, 0.29) is 0 Å². The van der Waals surface area contributed by atoms with Crippen molar-refractivity contribution in [2.75, 3.05) is 5.73 Å². The van der Waals surface area contributed by atoms with E-state index in [0.29, 0.717) is 11.5 Å². The third-order valence-corrected chi connectivity index (χ3v) is 4.02. The number of anilines is 1. The summed E-state index contributed by atoms with van der Waals surface area (Å²) in [6.45, 7) is 2.06. The molecule has 3 aromatic carbocycles. The molecule has 0 bridgehead atoms. The van der Waals surface area contributed by atoms with Crippen LogP contribution in [0.25, 0.3) is 27.7 Å². The molecule has 0 amide bonds. The van der Waals surface area contributed by atoms with E-state index in [4.69, 9.17) is 5.73 Å². The smallest absolute Gasteiger partial charge is 0.155 e. The number of nitrogens with two attached hydrogens (primary N) is 1. The highest BCUT2D eigenvalue weighted by Crippen LogP contribution is 2.28. The number of hydrogen-bond donors (Lipinski definition) is 1. The summed E-state index contributed by atoms with van der Waals surface area (Å²) < 4.78 is 1.71. The minimum atomic E-state index is 0.546. The van der Waals surface area contributed by atoms with Gasteiger partial charge in [-0.25, -0.2) is 0 Å². The maximum Gasteiger partial charge on any atom is 0.155 e. The van der Waals surface area contributed by atoms with Crippen molar-refractivity contribution in [1.29, 1.82) is 0 Å². The minimum Gasteiger partial charge on any atom is -0.382 e. The zero-order chi connectivity index (χ0) is 15.8. The molecule has 0 radical (unpaired) electrons. The van der Waals surface area contributed by atoms with Crippen molar-refractivity contribution in [3.63, 3.8) is 0 Å². The van der Waals surface area contributed by atoms with Gasteiger partial charge in [-0.05, 0) is 18.4 Å². The van der Waals surface area contributed by atoms with Gasteiger partial charge in [0.15, 0.2) is 5.82 Å². The number of nitrogens with zero attached hydrogens (tertiary/aromatic N) is 3. The van der Waals surface area contributed by atoms with Gasteiger partial charge in [0.2, 0.25) is 0 Å². The van der Waals surface area contributed by atoms with E-state index in [1.165, 1.54) is 5.56 Å². The average molecular weight is 300 g/mol. The van der Waals surface area contributed by atoms with E-state index in [9.17, 15) is 0 Å². The Labute approximate surface area is 134 Å². The van der Waals surface area contributed by atoms with Crippen LogP contribution in [0.4, 0.5) is 5.82 Å². The molecule has 0 fully saturated rings. The van der Waals surface area contributed by atoms with Gasteiger partial charge in [0.05, 0.1) is 5.69 Å². The Balaban J connectivity index is 1.89. The standard InChI is InChI=1S/C19H16N4/c1-13-9-11-15(12-10-13)18-19(20)23(22-21-18)17-8-4-6-14-5-2-3-7-16(14)17/h2-12H,20H2,1H3. The van der Waals surface area contributed by atoms with Gasteiger partial charge in [-0.15, -0.1) is 5.10 Å². The fraction of sp³-hybridized carbons (Fsp3) is 0.0526. The van der Waals surface area contributed by atoms with Crippen LogP contribution in [0.2, 0.25) is 0 Å². The summed E-state index contributed by atoms with van der Waals surface area (Å²) in [4.78, 5) is 0. The maximum absolute atomic E-state index is 6.33. The molecule has 4 rings (SSSR count). The van der Waals surface area contributed by atoms with Crippen LogP contribution < -0.4 is 5.73 Å². The van der Waals surface area contributed by atoms with Gasteiger partial charge in [0, 0.05) is 10.9 Å². The lowest BCUT2D eigenvalue weighted by Crippen LogP contribution is -2.03. The van der Waals surface area contributed by atoms with Crippen molar-refractivity contribution in [2.45, 2.75) is 6.92 Å². The third-order valence-electron chi connectivity index (χ3n) is 4.02. The predicted octanol–water partition coefficient (Wildman–Crippen LogP) is 3.98. The van der Waals surface area contributed by atoms with Gasteiger partial charge in [-0.1, -0.05) is 71.4 Å². The van der Waals surface area contributed by atoms with E-state index in [1.807, 2.05) is 48.5 Å². The molecule has 4 aromatic rings. The first-order valence-electron chi connectivity index (χ1n) is 7.50. The van der Waals surface area contributed by atoms with Gasteiger partial charge >= 0.3 is 0 Å². The summed E-state index contributed by atoms with van der Waals surface area (Å²) in [6.07, 6.45) is 0. The molecule has 112 valence electrons. The van der Waals surface area contributed by atoms with Gasteiger partial charge < -0.3 is 5.73 Å². The number of hydrogen-bond acceptors (Lipinski definition) is 3. The SMILES string of the molecule is Cc1ccc(-c2nnn(-c3cccc4ccccc34)c2N)cc1. The van der Waals surface area contributed by atoms with Crippen LogP contribution in [0.1, 0.15) is 5.56 Å². The first-order chi connectivity index (χ1) is 11.2. The molecule has 0 unspecified atom stereocenters. The summed E-state index contributed by atoms with van der Waals surface area (Å²) in [7, 11) is 0. The van der Waals surface area contributed by atoms with Crippen molar-refractivity contribution in [3.05, 3.63) is 72.3 Å². The highest BCUT2D eigenvalue weighted by molar-refractivity contribution is 5.90. The zero-order valence-corrected chi connectivity index (χ0v) is 12.8. The quantitative estimate of drug-likeness (QED) is 0.609. The molecule has 0 aliphatic rings. The van der Waals surface area contributed by atoms with Crippen LogP contribution in [-0.4, -0.2) is 15.0 Å². The average Bonchev–Trinajstić information content (AvgIpc) is 2.96. The Morgan fingerprint density at radius 3 is 2.43 bits per heavy atom. The molecule has 1 heterocycles. The molecule has 0 saturated heterocycles. The summed E-state index contributed by atoms with van der Waals surface area (Å²) >= 11 is 0. The van der Waals surface area contributed by atoms with E-state index in [1.54, 1.807) is 4.68 Å². The van der Waals surface area contributed by atoms with Crippen LogP contribution in [0.3, 0.4) is 0 Å². The van der Waals surface area contributed by atoms with E-state index in [0.717, 1.165) is 22.0 Å². The van der Waals surface area contributed by atoms with Gasteiger partial charge in [-0.2, -0.15) is 4.68 Å². The van der Waals surface area contributed by atoms with Crippen molar-refractivity contribution >= 4 is 16.6 Å². The van der Waals surface area contributed by atoms with Crippen molar-refractivity contribution in [1.82, 2.24) is 15.0 Å². The second kappa shape index (κ2) is 5.25. The molecule has 4 nitrogen and oxygen atoms in total. The van der Waals surface area contributed by atoms with Crippen molar-refractivity contribution in [2.24, 2.45) is 0 Å². The van der Waals surface area contributed by atoms with Crippen LogP contribution in [0.5, 0.6) is 0 Å². The van der Waals surface area contributed by atoms with Crippen LogP contribution in [-0.2, 0) is 0 Å². The Morgan fingerprint density at radius 1 is 0.870 bits per heavy atom. The summed E-state index contributed by atoms with van der Waals surface area (Å²) in [5.74, 6) is 0.546. The summed E-state index contributed by atoms with van der Waals surface area (Å²) in [5, 5.41) is 10.8. The molecule has 0 spiro atoms. The number of fused-ring (bicyclic) bond motifs is 1. The van der Waals surface area contributed by atoms with Crippen LogP contribution in [0.15, 0.2) is 66.7 Å². The normalized spacial score (nSPS) is 11.0. The lowest BCUT2D eigenvalue weighted by molar-refractivity contribution is 0.815. The van der Waals surface area contributed by atoms with E-state index < -0.39 is 0 Å². The Hall–Kier alpha value is -3.14. The monoisotopic (exact) mass is 300 g/mol. The second-order valence-corrected chi connectivity index (χ2v) is 5.60. The van der Waals surface area contributed by atoms with E-state index >= 15 is 0 Å². The van der Waals surface area contributed by atoms with E-state index in [2.05, 4.69) is 35.4 Å². The number of aryl methyl sites for hydroxylation is 1. The fourth-order valence-corrected chi connectivity index (χ4v) is 2.78. The molecular formula is C19H16N4. The maximum atomic E-state index is 6.33. The fourth-order valence-electron chi connectivity index (χ4n) is 2.78. The first-order valence-corrected chi connectivity index (χ1v) is 7.50. The summed E-state index contributed by atoms with van der Waals surface area (Å²) in [5.41, 5.74) is 10.2. The number of aromatic nitrogens is 3. The lowest BCUT2D eigenvalue weighted by atomic mass is 10.1. The number of rotatable bonds is 2. The zero-order valence-electron chi connectivity index (χ0n) is 12.8. The molecule has 0 aliphatic carbocycles. The van der Waals surface area contributed by atoms with Gasteiger partial charge in [0.25, 0.3) is 0 Å². The molecule has 4 heteroatoms. The largest absolute Gasteiger partial charge is 0.382 e.